The topological polar surface area (TPSA) is 22.1 Å². The van der Waals surface area contributed by atoms with Gasteiger partial charge < -0.3 is 4.74 Å². The molecule has 0 radical (unpaired) electrons. The first-order valence-electron chi connectivity index (χ1n) is 8.31. The number of alkyl halides is 3. The van der Waals surface area contributed by atoms with Crippen LogP contribution in [-0.2, 0) is 6.42 Å². The molecule has 0 aliphatic carbocycles. The highest BCUT2D eigenvalue weighted by Crippen LogP contribution is 2.36. The van der Waals surface area contributed by atoms with Gasteiger partial charge in [-0.3, -0.25) is 4.98 Å². The summed E-state index contributed by atoms with van der Waals surface area (Å²) in [4.78, 5) is 4.57. The van der Waals surface area contributed by atoms with E-state index >= 15 is 0 Å². The fourth-order valence-electron chi connectivity index (χ4n) is 3.49. The molecule has 136 valence electrons. The van der Waals surface area contributed by atoms with Crippen LogP contribution in [0, 0.1) is 20.8 Å². The Balaban J connectivity index is 2.29. The van der Waals surface area contributed by atoms with Crippen LogP contribution in [0.3, 0.4) is 0 Å². The van der Waals surface area contributed by atoms with E-state index in [1.54, 1.807) is 26.2 Å². The van der Waals surface area contributed by atoms with Crippen molar-refractivity contribution in [3.63, 3.8) is 0 Å². The molecule has 3 rings (SSSR count). The van der Waals surface area contributed by atoms with Crippen molar-refractivity contribution in [2.24, 2.45) is 0 Å². The lowest BCUT2D eigenvalue weighted by molar-refractivity contribution is -0.127. The number of methoxy groups -OCH3 is 1. The highest BCUT2D eigenvalue weighted by molar-refractivity contribution is 5.97. The van der Waals surface area contributed by atoms with E-state index in [1.807, 2.05) is 32.0 Å². The molecule has 1 aromatic heterocycles. The SMILES string of the molecule is COc1cc(C)c(-c2cccc3c(CC(F)(F)F)cc(C)nc23)c(C)c1. The van der Waals surface area contributed by atoms with Gasteiger partial charge in [-0.1, -0.05) is 18.2 Å². The van der Waals surface area contributed by atoms with Crippen LogP contribution in [0.4, 0.5) is 13.2 Å². The number of fused-ring (bicyclic) bond motifs is 1. The molecule has 3 aromatic rings. The second-order valence-corrected chi connectivity index (χ2v) is 6.55. The van der Waals surface area contributed by atoms with Gasteiger partial charge in [0.1, 0.15) is 5.75 Å². The van der Waals surface area contributed by atoms with Crippen molar-refractivity contribution in [3.8, 4) is 16.9 Å². The maximum atomic E-state index is 13.0. The van der Waals surface area contributed by atoms with Gasteiger partial charge in [0, 0.05) is 16.6 Å². The summed E-state index contributed by atoms with van der Waals surface area (Å²) in [7, 11) is 1.61. The second kappa shape index (κ2) is 6.63. The number of aryl methyl sites for hydroxylation is 3. The lowest BCUT2D eigenvalue weighted by Gasteiger charge is -2.16. The molecule has 0 aliphatic heterocycles. The standard InChI is InChI=1S/C21H20F3NO/c1-12-8-16(26-4)9-13(2)19(12)18-7-5-6-17-15(11-21(22,23)24)10-14(3)25-20(17)18/h5-10H,11H2,1-4H3. The molecule has 0 atom stereocenters. The summed E-state index contributed by atoms with van der Waals surface area (Å²) in [6.07, 6.45) is -5.22. The molecule has 2 aromatic carbocycles. The van der Waals surface area contributed by atoms with E-state index in [-0.39, 0.29) is 5.56 Å². The summed E-state index contributed by atoms with van der Waals surface area (Å²) >= 11 is 0. The molecule has 0 spiro atoms. The van der Waals surface area contributed by atoms with Crippen molar-refractivity contribution in [3.05, 3.63) is 58.8 Å². The van der Waals surface area contributed by atoms with Gasteiger partial charge in [-0.2, -0.15) is 13.2 Å². The Morgan fingerprint density at radius 2 is 1.65 bits per heavy atom. The highest BCUT2D eigenvalue weighted by atomic mass is 19.4. The van der Waals surface area contributed by atoms with E-state index in [9.17, 15) is 13.2 Å². The van der Waals surface area contributed by atoms with Crippen molar-refractivity contribution in [1.82, 2.24) is 4.98 Å². The molecule has 0 saturated heterocycles. The number of pyridine rings is 1. The molecule has 0 saturated carbocycles. The number of para-hydroxylation sites is 1. The van der Waals surface area contributed by atoms with Crippen molar-refractivity contribution >= 4 is 10.9 Å². The van der Waals surface area contributed by atoms with Gasteiger partial charge in [0.05, 0.1) is 19.0 Å². The van der Waals surface area contributed by atoms with Gasteiger partial charge >= 0.3 is 6.18 Å². The molecular formula is C21H20F3NO. The molecule has 0 fully saturated rings. The van der Waals surface area contributed by atoms with Crippen molar-refractivity contribution in [1.29, 1.82) is 0 Å². The first-order chi connectivity index (χ1) is 12.2. The molecular weight excluding hydrogens is 339 g/mol. The maximum Gasteiger partial charge on any atom is 0.393 e. The molecule has 0 bridgehead atoms. The summed E-state index contributed by atoms with van der Waals surface area (Å²) in [5, 5.41) is 0.542. The molecule has 26 heavy (non-hydrogen) atoms. The number of hydrogen-bond donors (Lipinski definition) is 0. The van der Waals surface area contributed by atoms with E-state index in [2.05, 4.69) is 4.98 Å². The van der Waals surface area contributed by atoms with E-state index in [0.717, 1.165) is 28.0 Å². The highest BCUT2D eigenvalue weighted by Gasteiger charge is 2.29. The molecule has 1 heterocycles. The minimum Gasteiger partial charge on any atom is -0.497 e. The second-order valence-electron chi connectivity index (χ2n) is 6.55. The van der Waals surface area contributed by atoms with Crippen LogP contribution < -0.4 is 4.74 Å². The Bertz CT molecular complexity index is 954. The summed E-state index contributed by atoms with van der Waals surface area (Å²) in [6.45, 7) is 5.66. The molecule has 0 unspecified atom stereocenters. The zero-order valence-corrected chi connectivity index (χ0v) is 15.2. The lowest BCUT2D eigenvalue weighted by atomic mass is 9.92. The third kappa shape index (κ3) is 3.52. The van der Waals surface area contributed by atoms with E-state index in [4.69, 9.17) is 4.74 Å². The number of ether oxygens (including phenoxy) is 1. The minimum absolute atomic E-state index is 0.255. The number of benzene rings is 2. The Morgan fingerprint density at radius 3 is 2.23 bits per heavy atom. The monoisotopic (exact) mass is 359 g/mol. The van der Waals surface area contributed by atoms with Crippen molar-refractivity contribution < 1.29 is 17.9 Å². The van der Waals surface area contributed by atoms with Crippen LogP contribution in [0.5, 0.6) is 5.75 Å². The number of halogens is 3. The third-order valence-electron chi connectivity index (χ3n) is 4.46. The van der Waals surface area contributed by atoms with Gasteiger partial charge in [0.15, 0.2) is 0 Å². The van der Waals surface area contributed by atoms with Crippen LogP contribution in [0.15, 0.2) is 36.4 Å². The van der Waals surface area contributed by atoms with E-state index in [0.29, 0.717) is 16.6 Å². The first-order valence-corrected chi connectivity index (χ1v) is 8.31. The molecule has 0 aliphatic rings. The zero-order chi connectivity index (χ0) is 19.1. The normalized spacial score (nSPS) is 11.8. The van der Waals surface area contributed by atoms with Gasteiger partial charge in [-0.15, -0.1) is 0 Å². The zero-order valence-electron chi connectivity index (χ0n) is 15.2. The predicted octanol–water partition coefficient (Wildman–Crippen LogP) is 5.94. The third-order valence-corrected chi connectivity index (χ3v) is 4.46. The van der Waals surface area contributed by atoms with Gasteiger partial charge in [0.25, 0.3) is 0 Å². The number of aromatic nitrogens is 1. The predicted molar refractivity (Wildman–Crippen MR) is 97.7 cm³/mol. The molecule has 5 heteroatoms. The van der Waals surface area contributed by atoms with Crippen molar-refractivity contribution in [2.75, 3.05) is 7.11 Å². The van der Waals surface area contributed by atoms with Gasteiger partial charge in [-0.05, 0) is 61.2 Å². The van der Waals surface area contributed by atoms with Crippen LogP contribution in [0.1, 0.15) is 22.4 Å². The average Bonchev–Trinajstić information content (AvgIpc) is 2.53. The smallest absolute Gasteiger partial charge is 0.393 e. The molecule has 2 nitrogen and oxygen atoms in total. The van der Waals surface area contributed by atoms with Crippen LogP contribution >= 0.6 is 0 Å². The number of hydrogen-bond acceptors (Lipinski definition) is 2. The Kier molecular flexibility index (Phi) is 4.65. The fourth-order valence-corrected chi connectivity index (χ4v) is 3.49. The largest absolute Gasteiger partial charge is 0.497 e. The van der Waals surface area contributed by atoms with Gasteiger partial charge in [-0.25, -0.2) is 0 Å². The Hall–Kier alpha value is -2.56. The quantitative estimate of drug-likeness (QED) is 0.577. The maximum absolute atomic E-state index is 13.0. The number of nitrogens with zero attached hydrogens (tertiary/aromatic N) is 1. The van der Waals surface area contributed by atoms with Crippen LogP contribution in [0.2, 0.25) is 0 Å². The van der Waals surface area contributed by atoms with E-state index in [1.165, 1.54) is 6.07 Å². The lowest BCUT2D eigenvalue weighted by Crippen LogP contribution is -2.12. The molecule has 0 N–H and O–H groups in total. The summed E-state index contributed by atoms with van der Waals surface area (Å²) < 4.78 is 44.3. The summed E-state index contributed by atoms with van der Waals surface area (Å²) in [5.74, 6) is 0.755. The Labute approximate surface area is 150 Å². The summed E-state index contributed by atoms with van der Waals surface area (Å²) in [5.41, 5.74) is 5.24. The molecule has 0 amide bonds. The van der Waals surface area contributed by atoms with Crippen molar-refractivity contribution in [2.45, 2.75) is 33.4 Å². The van der Waals surface area contributed by atoms with Crippen LogP contribution in [0.25, 0.3) is 22.0 Å². The average molecular weight is 359 g/mol. The van der Waals surface area contributed by atoms with E-state index < -0.39 is 12.6 Å². The minimum atomic E-state index is -4.26. The number of rotatable bonds is 3. The van der Waals surface area contributed by atoms with Gasteiger partial charge in [0.2, 0.25) is 0 Å². The fraction of sp³-hybridized carbons (Fsp3) is 0.286. The van der Waals surface area contributed by atoms with Crippen LogP contribution in [-0.4, -0.2) is 18.3 Å². The first kappa shape index (κ1) is 18.2. The Morgan fingerprint density at radius 1 is 1.00 bits per heavy atom. The summed E-state index contributed by atoms with van der Waals surface area (Å²) in [6, 6.07) is 10.8.